The first kappa shape index (κ1) is 25.5. The monoisotopic (exact) mass is 548 g/mol. The van der Waals surface area contributed by atoms with Crippen LogP contribution < -0.4 is 29.5 Å². The second-order valence-corrected chi connectivity index (χ2v) is 10.3. The fourth-order valence-corrected chi connectivity index (χ4v) is 5.64. The lowest BCUT2D eigenvalue weighted by Crippen LogP contribution is -2.46. The van der Waals surface area contributed by atoms with Gasteiger partial charge in [0.25, 0.3) is 0 Å². The summed E-state index contributed by atoms with van der Waals surface area (Å²) in [6.45, 7) is 5.57. The van der Waals surface area contributed by atoms with Gasteiger partial charge in [-0.05, 0) is 25.6 Å². The fraction of sp³-hybridized carbons (Fsp3) is 0.393. The lowest BCUT2D eigenvalue weighted by molar-refractivity contribution is 0.395. The van der Waals surface area contributed by atoms with Crippen molar-refractivity contribution in [3.05, 3.63) is 54.1 Å². The van der Waals surface area contributed by atoms with Gasteiger partial charge in [0.15, 0.2) is 0 Å². The van der Waals surface area contributed by atoms with Gasteiger partial charge in [0.2, 0.25) is 5.95 Å². The van der Waals surface area contributed by atoms with E-state index in [4.69, 9.17) is 26.1 Å². The molecule has 0 spiro atoms. The molecule has 5 heterocycles. The minimum atomic E-state index is 0.512. The summed E-state index contributed by atoms with van der Waals surface area (Å²) in [6, 6.07) is 8.40. The van der Waals surface area contributed by atoms with E-state index in [0.717, 1.165) is 79.9 Å². The Morgan fingerprint density at radius 2 is 1.62 bits per heavy atom. The van der Waals surface area contributed by atoms with Gasteiger partial charge in [-0.2, -0.15) is 0 Å². The van der Waals surface area contributed by atoms with E-state index < -0.39 is 0 Å². The van der Waals surface area contributed by atoms with E-state index in [0.29, 0.717) is 22.6 Å². The molecule has 0 aliphatic carbocycles. The van der Waals surface area contributed by atoms with E-state index in [2.05, 4.69) is 48.3 Å². The molecule has 0 bridgehead atoms. The Kier molecular flexibility index (Phi) is 7.05. The molecule has 0 radical (unpaired) electrons. The van der Waals surface area contributed by atoms with Crippen LogP contribution in [0.3, 0.4) is 0 Å². The highest BCUT2D eigenvalue weighted by molar-refractivity contribution is 6.32. The van der Waals surface area contributed by atoms with Crippen LogP contribution in [0.15, 0.2) is 49.1 Å². The number of ether oxygens (including phenoxy) is 2. The number of halogens is 1. The average molecular weight is 549 g/mol. The summed E-state index contributed by atoms with van der Waals surface area (Å²) in [7, 11) is 5.23. The Morgan fingerprint density at radius 3 is 2.28 bits per heavy atom. The zero-order chi connectivity index (χ0) is 26.9. The molecule has 1 unspecified atom stereocenters. The predicted molar refractivity (Wildman–Crippen MR) is 155 cm³/mol. The molecule has 1 aromatic carbocycles. The number of nitrogens with one attached hydrogen (secondary N) is 1. The largest absolute Gasteiger partial charge is 0.496 e. The van der Waals surface area contributed by atoms with Crippen LogP contribution in [0.5, 0.6) is 11.5 Å². The van der Waals surface area contributed by atoms with Gasteiger partial charge in [-0.15, -0.1) is 0 Å². The maximum absolute atomic E-state index is 6.40. The van der Waals surface area contributed by atoms with Crippen LogP contribution in [-0.4, -0.2) is 85.9 Å². The van der Waals surface area contributed by atoms with E-state index in [1.165, 1.54) is 0 Å². The molecule has 39 heavy (non-hydrogen) atoms. The lowest BCUT2D eigenvalue weighted by atomic mass is 10.1. The topological polar surface area (TPSA) is 83.3 Å². The van der Waals surface area contributed by atoms with Gasteiger partial charge in [-0.3, -0.25) is 0 Å². The van der Waals surface area contributed by atoms with Crippen LogP contribution in [0.1, 0.15) is 6.42 Å². The fourth-order valence-electron chi connectivity index (χ4n) is 5.40. The van der Waals surface area contributed by atoms with Crippen molar-refractivity contribution >= 4 is 34.6 Å². The first-order valence-corrected chi connectivity index (χ1v) is 13.6. The first-order valence-electron chi connectivity index (χ1n) is 13.2. The standard InChI is InChI=1S/C28H33ClN8O2/c1-30-19-4-6-37(17-19)28-31-15-21(16-32-28)35-10-8-34(9-11-35)20-5-7-36-18-24(33-27(36)12-20)22-13-23(29)26(39-3)14-25(22)38-2/h5,7,12-16,18-19,30H,4,6,8-11,17H2,1-3H3. The lowest BCUT2D eigenvalue weighted by Gasteiger charge is -2.37. The van der Waals surface area contributed by atoms with Gasteiger partial charge in [-0.25, -0.2) is 15.0 Å². The molecule has 204 valence electrons. The van der Waals surface area contributed by atoms with Gasteiger partial charge >= 0.3 is 0 Å². The third-order valence-corrected chi connectivity index (χ3v) is 8.00. The molecule has 2 saturated heterocycles. The first-order chi connectivity index (χ1) is 19.1. The van der Waals surface area contributed by atoms with E-state index in [9.17, 15) is 0 Å². The van der Waals surface area contributed by atoms with Crippen molar-refractivity contribution in [2.24, 2.45) is 0 Å². The summed E-state index contributed by atoms with van der Waals surface area (Å²) in [5, 5.41) is 3.86. The van der Waals surface area contributed by atoms with Crippen molar-refractivity contribution in [1.82, 2.24) is 24.7 Å². The smallest absolute Gasteiger partial charge is 0.225 e. The second-order valence-electron chi connectivity index (χ2n) is 9.90. The minimum absolute atomic E-state index is 0.512. The van der Waals surface area contributed by atoms with Gasteiger partial charge in [0, 0.05) is 81.1 Å². The Morgan fingerprint density at radius 1 is 0.897 bits per heavy atom. The van der Waals surface area contributed by atoms with Crippen LogP contribution in [-0.2, 0) is 0 Å². The average Bonchev–Trinajstić information content (AvgIpc) is 3.64. The Balaban J connectivity index is 1.13. The van der Waals surface area contributed by atoms with Crippen LogP contribution in [0.25, 0.3) is 16.9 Å². The summed E-state index contributed by atoms with van der Waals surface area (Å²) in [5.74, 6) is 2.05. The highest BCUT2D eigenvalue weighted by Gasteiger charge is 2.24. The highest BCUT2D eigenvalue weighted by atomic mass is 35.5. The van der Waals surface area contributed by atoms with Crippen LogP contribution in [0.2, 0.25) is 5.02 Å². The molecule has 0 amide bonds. The molecule has 1 atom stereocenters. The number of imidazole rings is 1. The normalized spacial score (nSPS) is 17.7. The number of rotatable bonds is 7. The number of likely N-dealkylation sites (N-methyl/N-ethyl adjacent to an activating group) is 1. The molecule has 6 rings (SSSR count). The van der Waals surface area contributed by atoms with Crippen molar-refractivity contribution in [1.29, 1.82) is 0 Å². The maximum Gasteiger partial charge on any atom is 0.225 e. The summed E-state index contributed by atoms with van der Waals surface area (Å²) in [5.41, 5.74) is 4.70. The zero-order valence-electron chi connectivity index (χ0n) is 22.5. The van der Waals surface area contributed by atoms with Crippen molar-refractivity contribution in [3.63, 3.8) is 0 Å². The molecule has 2 aliphatic rings. The number of benzene rings is 1. The second kappa shape index (κ2) is 10.8. The number of methoxy groups -OCH3 is 2. The van der Waals surface area contributed by atoms with Crippen LogP contribution >= 0.6 is 11.6 Å². The summed E-state index contributed by atoms with van der Waals surface area (Å²) in [6.07, 6.45) is 9.08. The Bertz CT molecular complexity index is 1450. The minimum Gasteiger partial charge on any atom is -0.496 e. The van der Waals surface area contributed by atoms with E-state index in [-0.39, 0.29) is 0 Å². The van der Waals surface area contributed by atoms with Gasteiger partial charge in [0.1, 0.15) is 17.1 Å². The number of hydrogen-bond donors (Lipinski definition) is 1. The molecular formula is C28H33ClN8O2. The zero-order valence-corrected chi connectivity index (χ0v) is 23.2. The van der Waals surface area contributed by atoms with Crippen molar-refractivity contribution in [2.75, 3.05) is 75.2 Å². The molecule has 4 aromatic rings. The summed E-state index contributed by atoms with van der Waals surface area (Å²) in [4.78, 5) is 21.2. The molecule has 3 aromatic heterocycles. The SMILES string of the molecule is CNC1CCN(c2ncc(N3CCN(c4ccn5cc(-c6cc(Cl)c(OC)cc6OC)nc5c4)CC3)cn2)C1. The van der Waals surface area contributed by atoms with Gasteiger partial charge in [-0.1, -0.05) is 11.6 Å². The van der Waals surface area contributed by atoms with E-state index in [1.54, 1.807) is 20.3 Å². The molecule has 11 heteroatoms. The Labute approximate surface area is 233 Å². The summed E-state index contributed by atoms with van der Waals surface area (Å²) < 4.78 is 12.9. The third kappa shape index (κ3) is 5.02. The predicted octanol–water partition coefficient (Wildman–Crippen LogP) is 3.59. The van der Waals surface area contributed by atoms with Crippen molar-refractivity contribution in [2.45, 2.75) is 12.5 Å². The highest BCUT2D eigenvalue weighted by Crippen LogP contribution is 2.38. The molecule has 2 aliphatic heterocycles. The number of hydrogen-bond acceptors (Lipinski definition) is 9. The molecule has 0 saturated carbocycles. The number of anilines is 3. The number of pyridine rings is 1. The molecular weight excluding hydrogens is 516 g/mol. The van der Waals surface area contributed by atoms with Crippen molar-refractivity contribution < 1.29 is 9.47 Å². The van der Waals surface area contributed by atoms with E-state index >= 15 is 0 Å². The molecule has 10 nitrogen and oxygen atoms in total. The number of nitrogens with zero attached hydrogens (tertiary/aromatic N) is 7. The molecule has 1 N–H and O–H groups in total. The quantitative estimate of drug-likeness (QED) is 0.372. The van der Waals surface area contributed by atoms with E-state index in [1.807, 2.05) is 36.1 Å². The molecule has 2 fully saturated rings. The van der Waals surface area contributed by atoms with Crippen LogP contribution in [0.4, 0.5) is 17.3 Å². The Hall–Kier alpha value is -3.76. The van der Waals surface area contributed by atoms with Gasteiger partial charge < -0.3 is 33.9 Å². The third-order valence-electron chi connectivity index (χ3n) is 7.71. The number of fused-ring (bicyclic) bond motifs is 1. The summed E-state index contributed by atoms with van der Waals surface area (Å²) >= 11 is 6.40. The van der Waals surface area contributed by atoms with Crippen LogP contribution in [0, 0.1) is 0 Å². The number of aromatic nitrogens is 4. The maximum atomic E-state index is 6.40. The number of piperazine rings is 1. The van der Waals surface area contributed by atoms with Crippen molar-refractivity contribution in [3.8, 4) is 22.8 Å². The van der Waals surface area contributed by atoms with Gasteiger partial charge in [0.05, 0.1) is 43.0 Å².